The standard InChI is InChI=1S/C10H12BrF2NO/c11-7-1-2-9(13)8(5-7)10(14,6-12)3-4-15/h1-2,5,15H,3-4,6,14H2/t10-/m1/s1. The summed E-state index contributed by atoms with van der Waals surface area (Å²) < 4.78 is 26.9. The monoisotopic (exact) mass is 279 g/mol. The Morgan fingerprint density at radius 1 is 1.47 bits per heavy atom. The van der Waals surface area contributed by atoms with Gasteiger partial charge in [0.25, 0.3) is 0 Å². The fourth-order valence-electron chi connectivity index (χ4n) is 1.35. The van der Waals surface area contributed by atoms with Gasteiger partial charge in [0, 0.05) is 16.6 Å². The molecule has 5 heteroatoms. The predicted octanol–water partition coefficient (Wildman–Crippen LogP) is 2.09. The van der Waals surface area contributed by atoms with E-state index < -0.39 is 18.0 Å². The van der Waals surface area contributed by atoms with Crippen LogP contribution in [0.15, 0.2) is 22.7 Å². The van der Waals surface area contributed by atoms with Gasteiger partial charge in [-0.2, -0.15) is 0 Å². The van der Waals surface area contributed by atoms with Gasteiger partial charge in [0.05, 0.1) is 5.54 Å². The van der Waals surface area contributed by atoms with Crippen molar-refractivity contribution in [3.05, 3.63) is 34.1 Å². The Hall–Kier alpha value is -0.520. The molecular weight excluding hydrogens is 268 g/mol. The molecule has 1 aromatic carbocycles. The quantitative estimate of drug-likeness (QED) is 0.887. The lowest BCUT2D eigenvalue weighted by atomic mass is 9.89. The maximum atomic E-state index is 13.4. The first-order valence-corrected chi connectivity index (χ1v) is 5.24. The minimum absolute atomic E-state index is 0.0170. The van der Waals surface area contributed by atoms with Crippen molar-refractivity contribution in [2.24, 2.45) is 5.73 Å². The number of nitrogens with two attached hydrogens (primary N) is 1. The average molecular weight is 280 g/mol. The number of rotatable bonds is 4. The van der Waals surface area contributed by atoms with Gasteiger partial charge in [0.15, 0.2) is 0 Å². The zero-order valence-corrected chi connectivity index (χ0v) is 9.60. The Bertz CT molecular complexity index is 348. The summed E-state index contributed by atoms with van der Waals surface area (Å²) in [6.45, 7) is -1.20. The molecule has 84 valence electrons. The fraction of sp³-hybridized carbons (Fsp3) is 0.400. The van der Waals surface area contributed by atoms with E-state index in [-0.39, 0.29) is 18.6 Å². The molecule has 0 heterocycles. The number of hydrogen-bond acceptors (Lipinski definition) is 2. The molecule has 1 atom stereocenters. The van der Waals surface area contributed by atoms with Crippen LogP contribution in [0.4, 0.5) is 8.78 Å². The van der Waals surface area contributed by atoms with E-state index >= 15 is 0 Å². The molecule has 2 nitrogen and oxygen atoms in total. The van der Waals surface area contributed by atoms with Crippen LogP contribution < -0.4 is 5.73 Å². The molecule has 0 aromatic heterocycles. The summed E-state index contributed by atoms with van der Waals surface area (Å²) in [5.74, 6) is -0.563. The molecule has 0 amide bonds. The number of benzene rings is 1. The Morgan fingerprint density at radius 2 is 2.13 bits per heavy atom. The second-order valence-corrected chi connectivity index (χ2v) is 4.30. The van der Waals surface area contributed by atoms with Crippen LogP contribution in [-0.4, -0.2) is 18.4 Å². The molecule has 1 aromatic rings. The van der Waals surface area contributed by atoms with Crippen molar-refractivity contribution in [1.82, 2.24) is 0 Å². The summed E-state index contributed by atoms with van der Waals surface area (Å²) in [4.78, 5) is 0. The second kappa shape index (κ2) is 5.01. The first-order valence-electron chi connectivity index (χ1n) is 4.45. The topological polar surface area (TPSA) is 46.2 Å². The molecule has 1 rings (SSSR count). The van der Waals surface area contributed by atoms with Gasteiger partial charge in [-0.1, -0.05) is 15.9 Å². The lowest BCUT2D eigenvalue weighted by Gasteiger charge is -2.26. The largest absolute Gasteiger partial charge is 0.396 e. The smallest absolute Gasteiger partial charge is 0.128 e. The van der Waals surface area contributed by atoms with Crippen molar-refractivity contribution in [2.45, 2.75) is 12.0 Å². The summed E-state index contributed by atoms with van der Waals surface area (Å²) in [5, 5.41) is 8.77. The number of halogens is 3. The van der Waals surface area contributed by atoms with Crippen molar-refractivity contribution in [3.63, 3.8) is 0 Å². The predicted molar refractivity (Wildman–Crippen MR) is 57.6 cm³/mol. The summed E-state index contributed by atoms with van der Waals surface area (Å²) in [6, 6.07) is 4.16. The van der Waals surface area contributed by atoms with Crippen LogP contribution in [-0.2, 0) is 5.54 Å². The number of alkyl halides is 1. The van der Waals surface area contributed by atoms with Crippen LogP contribution in [0.1, 0.15) is 12.0 Å². The molecule has 3 N–H and O–H groups in total. The molecule has 0 spiro atoms. The third-order valence-corrected chi connectivity index (χ3v) is 2.75. The van der Waals surface area contributed by atoms with Gasteiger partial charge in [-0.15, -0.1) is 0 Å². The third-order valence-electron chi connectivity index (χ3n) is 2.26. The molecule has 0 aliphatic heterocycles. The van der Waals surface area contributed by atoms with Crippen LogP contribution in [0.25, 0.3) is 0 Å². The van der Waals surface area contributed by atoms with Crippen LogP contribution in [0.5, 0.6) is 0 Å². The summed E-state index contributed by atoms with van der Waals surface area (Å²) >= 11 is 3.16. The summed E-state index contributed by atoms with van der Waals surface area (Å²) in [5.41, 5.74) is 4.32. The highest BCUT2D eigenvalue weighted by Crippen LogP contribution is 2.28. The first-order chi connectivity index (χ1) is 7.03. The van der Waals surface area contributed by atoms with Crippen molar-refractivity contribution >= 4 is 15.9 Å². The number of aliphatic hydroxyl groups is 1. The lowest BCUT2D eigenvalue weighted by molar-refractivity contribution is 0.206. The molecule has 0 unspecified atom stereocenters. The highest BCUT2D eigenvalue weighted by Gasteiger charge is 2.30. The van der Waals surface area contributed by atoms with Gasteiger partial charge in [-0.25, -0.2) is 8.78 Å². The van der Waals surface area contributed by atoms with Gasteiger partial charge >= 0.3 is 0 Å². The van der Waals surface area contributed by atoms with Crippen molar-refractivity contribution in [3.8, 4) is 0 Å². The second-order valence-electron chi connectivity index (χ2n) is 3.39. The van der Waals surface area contributed by atoms with Crippen LogP contribution in [0.2, 0.25) is 0 Å². The van der Waals surface area contributed by atoms with E-state index in [9.17, 15) is 8.78 Å². The molecule has 0 bridgehead atoms. The average Bonchev–Trinajstić information content (AvgIpc) is 2.22. The van der Waals surface area contributed by atoms with E-state index in [1.54, 1.807) is 0 Å². The van der Waals surface area contributed by atoms with Gasteiger partial charge in [0.2, 0.25) is 0 Å². The van der Waals surface area contributed by atoms with Crippen molar-refractivity contribution in [1.29, 1.82) is 0 Å². The molecule has 0 saturated carbocycles. The molecular formula is C10H12BrF2NO. The molecule has 0 aliphatic carbocycles. The van der Waals surface area contributed by atoms with E-state index in [0.29, 0.717) is 4.47 Å². The van der Waals surface area contributed by atoms with E-state index in [1.807, 2.05) is 0 Å². The maximum Gasteiger partial charge on any atom is 0.128 e. The zero-order valence-electron chi connectivity index (χ0n) is 8.01. The Morgan fingerprint density at radius 3 is 2.67 bits per heavy atom. The SMILES string of the molecule is N[C@@](CF)(CCO)c1cc(Br)ccc1F. The van der Waals surface area contributed by atoms with E-state index in [0.717, 1.165) is 0 Å². The van der Waals surface area contributed by atoms with Crippen molar-refractivity contribution in [2.75, 3.05) is 13.3 Å². The first kappa shape index (κ1) is 12.5. The Labute approximate surface area is 95.2 Å². The van der Waals surface area contributed by atoms with Gasteiger partial charge < -0.3 is 10.8 Å². The summed E-state index contributed by atoms with van der Waals surface area (Å²) in [6.07, 6.45) is -0.0170. The summed E-state index contributed by atoms with van der Waals surface area (Å²) in [7, 11) is 0. The van der Waals surface area contributed by atoms with Crippen LogP contribution in [0.3, 0.4) is 0 Å². The fourth-order valence-corrected chi connectivity index (χ4v) is 1.71. The maximum absolute atomic E-state index is 13.4. The number of hydrogen-bond donors (Lipinski definition) is 2. The van der Waals surface area contributed by atoms with Crippen LogP contribution in [0, 0.1) is 5.82 Å². The lowest BCUT2D eigenvalue weighted by Crippen LogP contribution is -2.40. The highest BCUT2D eigenvalue weighted by molar-refractivity contribution is 9.10. The molecule has 0 saturated heterocycles. The van der Waals surface area contributed by atoms with E-state index in [2.05, 4.69) is 15.9 Å². The Kier molecular flexibility index (Phi) is 4.19. The number of aliphatic hydroxyl groups excluding tert-OH is 1. The minimum atomic E-state index is -1.46. The van der Waals surface area contributed by atoms with Gasteiger partial charge in [-0.05, 0) is 24.6 Å². The van der Waals surface area contributed by atoms with Crippen molar-refractivity contribution < 1.29 is 13.9 Å². The van der Waals surface area contributed by atoms with Crippen LogP contribution >= 0.6 is 15.9 Å². The molecule has 0 radical (unpaired) electrons. The minimum Gasteiger partial charge on any atom is -0.396 e. The molecule has 0 aliphatic rings. The van der Waals surface area contributed by atoms with Gasteiger partial charge in [-0.3, -0.25) is 0 Å². The normalized spacial score (nSPS) is 15.0. The van der Waals surface area contributed by atoms with E-state index in [1.165, 1.54) is 18.2 Å². The molecule has 15 heavy (non-hydrogen) atoms. The van der Waals surface area contributed by atoms with Gasteiger partial charge in [0.1, 0.15) is 12.5 Å². The Balaban J connectivity index is 3.16. The van der Waals surface area contributed by atoms with E-state index in [4.69, 9.17) is 10.8 Å². The third kappa shape index (κ3) is 2.74. The molecule has 0 fully saturated rings. The zero-order chi connectivity index (χ0) is 11.5. The highest BCUT2D eigenvalue weighted by atomic mass is 79.9.